The average molecular weight is 295 g/mol. The molecule has 1 rings (SSSR count). The molecule has 1 unspecified atom stereocenters. The van der Waals surface area contributed by atoms with Crippen molar-refractivity contribution in [3.05, 3.63) is 33.9 Å². The number of hydrogen-bond donors (Lipinski definition) is 2. The Morgan fingerprint density at radius 2 is 2.19 bits per heavy atom. The van der Waals surface area contributed by atoms with Gasteiger partial charge in [0.15, 0.2) is 0 Å². The van der Waals surface area contributed by atoms with Crippen molar-refractivity contribution >= 4 is 11.6 Å². The standard InChI is InChI=1S/C14H21N3O4/c1-4-7-16-14(3,13(15)18)9-21-12-8-11(17(19)20)6-5-10(12)2/h5-6,8,16H,4,7,9H2,1-3H3,(H2,15,18). The van der Waals surface area contributed by atoms with E-state index < -0.39 is 16.4 Å². The molecule has 0 spiro atoms. The first-order valence-electron chi connectivity index (χ1n) is 6.73. The zero-order valence-corrected chi connectivity index (χ0v) is 12.5. The fraction of sp³-hybridized carbons (Fsp3) is 0.500. The number of nitro benzene ring substituents is 1. The predicted octanol–water partition coefficient (Wildman–Crippen LogP) is 1.53. The molecule has 0 bridgehead atoms. The molecule has 0 aliphatic heterocycles. The first kappa shape index (κ1) is 16.9. The van der Waals surface area contributed by atoms with Crippen LogP contribution in [0.4, 0.5) is 5.69 Å². The van der Waals surface area contributed by atoms with Gasteiger partial charge in [0, 0.05) is 6.07 Å². The van der Waals surface area contributed by atoms with Gasteiger partial charge in [0.2, 0.25) is 5.91 Å². The van der Waals surface area contributed by atoms with Gasteiger partial charge in [-0.1, -0.05) is 6.92 Å². The summed E-state index contributed by atoms with van der Waals surface area (Å²) >= 11 is 0. The van der Waals surface area contributed by atoms with Gasteiger partial charge in [0.05, 0.1) is 11.0 Å². The van der Waals surface area contributed by atoms with Crippen molar-refractivity contribution in [1.82, 2.24) is 5.32 Å². The van der Waals surface area contributed by atoms with Crippen LogP contribution in [-0.4, -0.2) is 29.5 Å². The lowest BCUT2D eigenvalue weighted by Crippen LogP contribution is -2.57. The Kier molecular flexibility index (Phi) is 5.66. The quantitative estimate of drug-likeness (QED) is 0.558. The lowest BCUT2D eigenvalue weighted by Gasteiger charge is -2.27. The summed E-state index contributed by atoms with van der Waals surface area (Å²) in [6.07, 6.45) is 0.846. The Labute approximate surface area is 123 Å². The number of aryl methyl sites for hydroxylation is 1. The van der Waals surface area contributed by atoms with E-state index in [1.54, 1.807) is 19.9 Å². The van der Waals surface area contributed by atoms with Gasteiger partial charge in [-0.25, -0.2) is 0 Å². The first-order chi connectivity index (χ1) is 9.80. The molecule has 21 heavy (non-hydrogen) atoms. The molecule has 0 radical (unpaired) electrons. The average Bonchev–Trinajstić information content (AvgIpc) is 2.43. The highest BCUT2D eigenvalue weighted by Crippen LogP contribution is 2.24. The third-order valence-electron chi connectivity index (χ3n) is 3.21. The number of nitrogens with one attached hydrogen (secondary N) is 1. The molecule has 0 saturated carbocycles. The SMILES string of the molecule is CCCNC(C)(COc1cc([N+](=O)[O-])ccc1C)C(N)=O. The molecule has 1 atom stereocenters. The number of benzene rings is 1. The number of ether oxygens (including phenoxy) is 1. The van der Waals surface area contributed by atoms with Gasteiger partial charge in [0.1, 0.15) is 17.9 Å². The summed E-state index contributed by atoms with van der Waals surface area (Å²) in [5.41, 5.74) is 5.08. The van der Waals surface area contributed by atoms with Crippen LogP contribution in [0.15, 0.2) is 18.2 Å². The van der Waals surface area contributed by atoms with Crippen LogP contribution < -0.4 is 15.8 Å². The first-order valence-corrected chi connectivity index (χ1v) is 6.73. The fourth-order valence-electron chi connectivity index (χ4n) is 1.69. The second kappa shape index (κ2) is 7.03. The highest BCUT2D eigenvalue weighted by molar-refractivity contribution is 5.84. The minimum absolute atomic E-state index is 0.00431. The van der Waals surface area contributed by atoms with Gasteiger partial charge in [-0.15, -0.1) is 0 Å². The smallest absolute Gasteiger partial charge is 0.273 e. The summed E-state index contributed by atoms with van der Waals surface area (Å²) in [6, 6.07) is 4.36. The third kappa shape index (κ3) is 4.42. The zero-order valence-electron chi connectivity index (χ0n) is 12.5. The normalized spacial score (nSPS) is 13.5. The number of nitrogens with two attached hydrogens (primary N) is 1. The second-order valence-corrected chi connectivity index (χ2v) is 5.12. The van der Waals surface area contributed by atoms with Gasteiger partial charge in [-0.2, -0.15) is 0 Å². The summed E-state index contributed by atoms with van der Waals surface area (Å²) in [6.45, 7) is 6.03. The fourth-order valence-corrected chi connectivity index (χ4v) is 1.69. The number of non-ortho nitro benzene ring substituents is 1. The molecule has 0 fully saturated rings. The van der Waals surface area contributed by atoms with Gasteiger partial charge < -0.3 is 15.8 Å². The molecule has 0 saturated heterocycles. The van der Waals surface area contributed by atoms with E-state index in [4.69, 9.17) is 10.5 Å². The van der Waals surface area contributed by atoms with Crippen LogP contribution in [-0.2, 0) is 4.79 Å². The maximum absolute atomic E-state index is 11.6. The van der Waals surface area contributed by atoms with Crippen LogP contribution in [0.2, 0.25) is 0 Å². The molecule has 7 nitrogen and oxygen atoms in total. The van der Waals surface area contributed by atoms with Crippen molar-refractivity contribution < 1.29 is 14.5 Å². The minimum atomic E-state index is -1.02. The Hall–Kier alpha value is -2.15. The van der Waals surface area contributed by atoms with Crippen LogP contribution in [0, 0.1) is 17.0 Å². The summed E-state index contributed by atoms with van der Waals surface area (Å²) in [7, 11) is 0. The number of primary amides is 1. The van der Waals surface area contributed by atoms with E-state index in [2.05, 4.69) is 5.32 Å². The zero-order chi connectivity index (χ0) is 16.0. The molecular formula is C14H21N3O4. The van der Waals surface area contributed by atoms with Gasteiger partial charge in [0.25, 0.3) is 5.69 Å². The van der Waals surface area contributed by atoms with E-state index in [-0.39, 0.29) is 12.3 Å². The molecule has 0 heterocycles. The molecule has 1 aromatic rings. The lowest BCUT2D eigenvalue weighted by atomic mass is 10.0. The van der Waals surface area contributed by atoms with Crippen LogP contribution in [0.25, 0.3) is 0 Å². The van der Waals surface area contributed by atoms with Crippen LogP contribution >= 0.6 is 0 Å². The van der Waals surface area contributed by atoms with Crippen molar-refractivity contribution in [1.29, 1.82) is 0 Å². The molecule has 1 amide bonds. The van der Waals surface area contributed by atoms with Crippen molar-refractivity contribution in [2.75, 3.05) is 13.2 Å². The number of hydrogen-bond acceptors (Lipinski definition) is 5. The summed E-state index contributed by atoms with van der Waals surface area (Å²) in [5, 5.41) is 13.8. The van der Waals surface area contributed by atoms with Crippen molar-refractivity contribution in [3.63, 3.8) is 0 Å². The number of nitro groups is 1. The van der Waals surface area contributed by atoms with E-state index in [1.165, 1.54) is 12.1 Å². The van der Waals surface area contributed by atoms with E-state index in [0.717, 1.165) is 12.0 Å². The largest absolute Gasteiger partial charge is 0.491 e. The minimum Gasteiger partial charge on any atom is -0.491 e. The predicted molar refractivity (Wildman–Crippen MR) is 79.2 cm³/mol. The van der Waals surface area contributed by atoms with Crippen molar-refractivity contribution in [2.45, 2.75) is 32.7 Å². The monoisotopic (exact) mass is 295 g/mol. The third-order valence-corrected chi connectivity index (χ3v) is 3.21. The van der Waals surface area contributed by atoms with Crippen LogP contribution in [0.1, 0.15) is 25.8 Å². The highest BCUT2D eigenvalue weighted by atomic mass is 16.6. The van der Waals surface area contributed by atoms with Crippen LogP contribution in [0.3, 0.4) is 0 Å². The van der Waals surface area contributed by atoms with Crippen LogP contribution in [0.5, 0.6) is 5.75 Å². The maximum atomic E-state index is 11.6. The Morgan fingerprint density at radius 1 is 1.52 bits per heavy atom. The van der Waals surface area contributed by atoms with E-state index >= 15 is 0 Å². The summed E-state index contributed by atoms with van der Waals surface area (Å²) in [5.74, 6) is -0.158. The number of rotatable bonds is 8. The van der Waals surface area contributed by atoms with Crippen molar-refractivity contribution in [2.24, 2.45) is 5.73 Å². The highest BCUT2D eigenvalue weighted by Gasteiger charge is 2.31. The van der Waals surface area contributed by atoms with Gasteiger partial charge in [-0.05, 0) is 38.4 Å². The molecule has 0 aromatic heterocycles. The number of nitrogens with zero attached hydrogens (tertiary/aromatic N) is 1. The molecule has 0 aliphatic carbocycles. The molecule has 116 valence electrons. The maximum Gasteiger partial charge on any atom is 0.273 e. The molecule has 3 N–H and O–H groups in total. The number of carbonyl (C=O) groups is 1. The number of carbonyl (C=O) groups excluding carboxylic acids is 1. The Bertz CT molecular complexity index is 533. The van der Waals surface area contributed by atoms with E-state index in [0.29, 0.717) is 12.3 Å². The molecule has 1 aromatic carbocycles. The Morgan fingerprint density at radius 3 is 2.71 bits per heavy atom. The topological polar surface area (TPSA) is 107 Å². The molecule has 7 heteroatoms. The molecule has 0 aliphatic rings. The van der Waals surface area contributed by atoms with Gasteiger partial charge >= 0.3 is 0 Å². The summed E-state index contributed by atoms with van der Waals surface area (Å²) in [4.78, 5) is 21.9. The van der Waals surface area contributed by atoms with E-state index in [9.17, 15) is 14.9 Å². The summed E-state index contributed by atoms with van der Waals surface area (Å²) < 4.78 is 5.58. The van der Waals surface area contributed by atoms with Gasteiger partial charge in [-0.3, -0.25) is 14.9 Å². The van der Waals surface area contributed by atoms with E-state index in [1.807, 2.05) is 6.92 Å². The number of amides is 1. The lowest BCUT2D eigenvalue weighted by molar-refractivity contribution is -0.385. The molecular weight excluding hydrogens is 274 g/mol. The Balaban J connectivity index is 2.87. The second-order valence-electron chi connectivity index (χ2n) is 5.12. The van der Waals surface area contributed by atoms with Crippen molar-refractivity contribution in [3.8, 4) is 5.75 Å².